The van der Waals surface area contributed by atoms with E-state index in [1.165, 1.54) is 86.9 Å². The molecule has 0 aromatic rings. The van der Waals surface area contributed by atoms with Gasteiger partial charge in [0.1, 0.15) is 6.29 Å². The van der Waals surface area contributed by atoms with Crippen molar-refractivity contribution in [3.63, 3.8) is 0 Å². The topological polar surface area (TPSA) is 17.1 Å². The van der Waals surface area contributed by atoms with E-state index < -0.39 is 0 Å². The maximum atomic E-state index is 10.1. The van der Waals surface area contributed by atoms with Crippen molar-refractivity contribution in [3.8, 4) is 0 Å². The number of hydrogen-bond donors (Lipinski definition) is 0. The Labute approximate surface area is 111 Å². The van der Waals surface area contributed by atoms with Crippen molar-refractivity contribution in [1.29, 1.82) is 0 Å². The summed E-state index contributed by atoms with van der Waals surface area (Å²) in [4.78, 5) is 10.1. The Morgan fingerprint density at radius 1 is 0.588 bits per heavy atom. The van der Waals surface area contributed by atoms with Gasteiger partial charge in [0.2, 0.25) is 0 Å². The fourth-order valence-electron chi connectivity index (χ4n) is 2.25. The normalized spacial score (nSPS) is 10.8. The Balaban J connectivity index is 2.87. The highest BCUT2D eigenvalue weighted by Gasteiger charge is 1.93. The monoisotopic (exact) mass is 256 g/mol. The quantitative estimate of drug-likeness (QED) is 0.260. The van der Waals surface area contributed by atoms with Gasteiger partial charge in [-0.3, -0.25) is 0 Å². The van der Waals surface area contributed by atoms with E-state index in [9.17, 15) is 4.79 Å². The van der Waals surface area contributed by atoms with Crippen LogP contribution in [0.4, 0.5) is 0 Å². The van der Waals surface area contributed by atoms with E-state index in [-0.39, 0.29) is 0 Å². The third-order valence-electron chi connectivity index (χ3n) is 3.43. The first-order valence-electron chi connectivity index (χ1n) is 7.85. The van der Waals surface area contributed by atoms with E-state index in [1.54, 1.807) is 0 Å². The lowest BCUT2D eigenvalue weighted by atomic mass is 10.0. The zero-order chi connectivity index (χ0) is 12.6. The van der Waals surface area contributed by atoms with Crippen LogP contribution >= 0.6 is 0 Å². The molecule has 17 heavy (non-hydrogen) atoms. The van der Waals surface area contributed by atoms with E-state index in [2.05, 4.69) is 0 Å². The van der Waals surface area contributed by atoms with Crippen LogP contribution in [0.1, 0.15) is 83.5 Å². The van der Waals surface area contributed by atoms with Gasteiger partial charge in [0, 0.05) is 16.7 Å². The number of carbonyl (C=O) groups excluding carboxylic acids is 1. The third kappa shape index (κ3) is 15.9. The molecular formula is C15H32OSi. The van der Waals surface area contributed by atoms with Gasteiger partial charge in [0.25, 0.3) is 0 Å². The minimum absolute atomic E-state index is 0.764. The van der Waals surface area contributed by atoms with Crippen LogP contribution in [0, 0.1) is 0 Å². The van der Waals surface area contributed by atoms with Crippen molar-refractivity contribution >= 4 is 16.5 Å². The van der Waals surface area contributed by atoms with E-state index in [4.69, 9.17) is 0 Å². The minimum atomic E-state index is 0.764. The Bertz CT molecular complexity index is 148. The summed E-state index contributed by atoms with van der Waals surface area (Å²) in [5.41, 5.74) is 0. The fourth-order valence-corrected chi connectivity index (χ4v) is 2.75. The zero-order valence-electron chi connectivity index (χ0n) is 11.9. The molecule has 102 valence electrons. The van der Waals surface area contributed by atoms with Crippen LogP contribution in [-0.4, -0.2) is 16.5 Å². The van der Waals surface area contributed by atoms with Crippen molar-refractivity contribution in [2.24, 2.45) is 0 Å². The minimum Gasteiger partial charge on any atom is -0.303 e. The van der Waals surface area contributed by atoms with E-state index in [1.807, 2.05) is 0 Å². The van der Waals surface area contributed by atoms with Crippen molar-refractivity contribution in [3.05, 3.63) is 0 Å². The predicted molar refractivity (Wildman–Crippen MR) is 80.8 cm³/mol. The van der Waals surface area contributed by atoms with Gasteiger partial charge in [-0.1, -0.05) is 76.7 Å². The summed E-state index contributed by atoms with van der Waals surface area (Å²) in [6, 6.07) is 1.49. The van der Waals surface area contributed by atoms with Gasteiger partial charge in [-0.2, -0.15) is 0 Å². The second-order valence-corrected chi connectivity index (χ2v) is 6.20. The summed E-state index contributed by atoms with van der Waals surface area (Å²) in [5, 5.41) is 0. The van der Waals surface area contributed by atoms with Crippen molar-refractivity contribution in [2.75, 3.05) is 0 Å². The number of unbranched alkanes of at least 4 members (excludes halogenated alkanes) is 12. The maximum Gasteiger partial charge on any atom is 0.119 e. The van der Waals surface area contributed by atoms with Crippen LogP contribution in [0.25, 0.3) is 0 Å². The molecule has 0 atom stereocenters. The van der Waals surface area contributed by atoms with Crippen LogP contribution in [0.15, 0.2) is 0 Å². The third-order valence-corrected chi connectivity index (χ3v) is 4.13. The van der Waals surface area contributed by atoms with E-state index in [0.717, 1.165) is 19.1 Å². The molecule has 0 aromatic heterocycles. The molecule has 2 heteroatoms. The molecule has 0 saturated heterocycles. The molecule has 0 saturated carbocycles. The van der Waals surface area contributed by atoms with Crippen LogP contribution < -0.4 is 0 Å². The Kier molecular flexibility index (Phi) is 15.8. The number of hydrogen-bond acceptors (Lipinski definition) is 1. The Morgan fingerprint density at radius 3 is 1.29 bits per heavy atom. The van der Waals surface area contributed by atoms with Crippen LogP contribution in [0.3, 0.4) is 0 Å². The summed E-state index contributed by atoms with van der Waals surface area (Å²) < 4.78 is 0. The highest BCUT2D eigenvalue weighted by Crippen LogP contribution is 2.12. The molecule has 0 aliphatic heterocycles. The molecule has 0 aliphatic rings. The molecule has 0 aliphatic carbocycles. The molecule has 0 amide bonds. The highest BCUT2D eigenvalue weighted by molar-refractivity contribution is 6.08. The molecular weight excluding hydrogens is 224 g/mol. The van der Waals surface area contributed by atoms with Gasteiger partial charge >= 0.3 is 0 Å². The van der Waals surface area contributed by atoms with Crippen LogP contribution in [0.2, 0.25) is 6.04 Å². The summed E-state index contributed by atoms with van der Waals surface area (Å²) >= 11 is 0. The molecule has 0 N–H and O–H groups in total. The van der Waals surface area contributed by atoms with Gasteiger partial charge < -0.3 is 4.79 Å². The van der Waals surface area contributed by atoms with Crippen molar-refractivity contribution in [2.45, 2.75) is 89.5 Å². The average Bonchev–Trinajstić information content (AvgIpc) is 2.35. The summed E-state index contributed by atoms with van der Waals surface area (Å²) in [6.45, 7) is 0. The first kappa shape index (κ1) is 16.9. The van der Waals surface area contributed by atoms with E-state index in [0.29, 0.717) is 0 Å². The lowest BCUT2D eigenvalue weighted by Crippen LogP contribution is -1.83. The number of aldehydes is 1. The van der Waals surface area contributed by atoms with Crippen LogP contribution in [-0.2, 0) is 4.79 Å². The standard InChI is InChI=1S/C15H32OSi/c16-14-12-10-8-6-4-2-1-3-5-7-9-11-13-15-17/h14H,1-13,15H2,17H3. The molecule has 0 fully saturated rings. The summed E-state index contributed by atoms with van der Waals surface area (Å²) in [5.74, 6) is 0. The van der Waals surface area contributed by atoms with Crippen LogP contribution in [0.5, 0.6) is 0 Å². The van der Waals surface area contributed by atoms with Gasteiger partial charge in [-0.15, -0.1) is 0 Å². The average molecular weight is 257 g/mol. The molecule has 0 bridgehead atoms. The highest BCUT2D eigenvalue weighted by atomic mass is 28.1. The molecule has 0 rings (SSSR count). The largest absolute Gasteiger partial charge is 0.303 e. The molecule has 0 heterocycles. The predicted octanol–water partition coefficient (Wildman–Crippen LogP) is 4.04. The SMILES string of the molecule is O=CCCCCCCCCCCCCCC[SiH3]. The summed E-state index contributed by atoms with van der Waals surface area (Å²) in [6.07, 6.45) is 18.5. The molecule has 0 unspecified atom stereocenters. The van der Waals surface area contributed by atoms with Crippen molar-refractivity contribution < 1.29 is 4.79 Å². The number of rotatable bonds is 14. The molecule has 0 radical (unpaired) electrons. The molecule has 1 nitrogen and oxygen atoms in total. The molecule has 0 aromatic carbocycles. The first-order chi connectivity index (χ1) is 8.41. The summed E-state index contributed by atoms with van der Waals surface area (Å²) in [7, 11) is 1.39. The number of carbonyl (C=O) groups is 1. The zero-order valence-corrected chi connectivity index (χ0v) is 13.9. The maximum absolute atomic E-state index is 10.1. The Hall–Kier alpha value is -0.113. The van der Waals surface area contributed by atoms with Gasteiger partial charge in [0.15, 0.2) is 0 Å². The molecule has 0 spiro atoms. The second kappa shape index (κ2) is 15.9. The van der Waals surface area contributed by atoms with E-state index >= 15 is 0 Å². The lowest BCUT2D eigenvalue weighted by Gasteiger charge is -2.02. The fraction of sp³-hybridized carbons (Fsp3) is 0.933. The first-order valence-corrected chi connectivity index (χ1v) is 9.27. The van der Waals surface area contributed by atoms with Gasteiger partial charge in [-0.05, 0) is 6.42 Å². The van der Waals surface area contributed by atoms with Gasteiger partial charge in [0.05, 0.1) is 0 Å². The lowest BCUT2D eigenvalue weighted by molar-refractivity contribution is -0.107. The smallest absolute Gasteiger partial charge is 0.119 e. The van der Waals surface area contributed by atoms with Crippen molar-refractivity contribution in [1.82, 2.24) is 0 Å². The second-order valence-electron chi connectivity index (χ2n) is 5.20. The van der Waals surface area contributed by atoms with Gasteiger partial charge in [-0.25, -0.2) is 0 Å². The Morgan fingerprint density at radius 2 is 0.941 bits per heavy atom.